The van der Waals surface area contributed by atoms with Crippen molar-refractivity contribution >= 4 is 39.7 Å². The highest BCUT2D eigenvalue weighted by Crippen LogP contribution is 2.31. The number of anilines is 1. The quantitative estimate of drug-likeness (QED) is 0.838. The molecule has 22 heavy (non-hydrogen) atoms. The highest BCUT2D eigenvalue weighted by Gasteiger charge is 2.34. The topological polar surface area (TPSA) is 92.2 Å². The van der Waals surface area contributed by atoms with E-state index in [0.29, 0.717) is 18.0 Å². The van der Waals surface area contributed by atoms with Crippen LogP contribution in [0.15, 0.2) is 29.7 Å². The van der Waals surface area contributed by atoms with Gasteiger partial charge in [-0.2, -0.15) is 0 Å². The van der Waals surface area contributed by atoms with Gasteiger partial charge in [-0.05, 0) is 24.3 Å². The van der Waals surface area contributed by atoms with Crippen molar-refractivity contribution in [3.8, 4) is 9.88 Å². The molecule has 0 radical (unpaired) electrons. The van der Waals surface area contributed by atoms with Gasteiger partial charge < -0.3 is 10.4 Å². The number of hydrogen-bond donors (Lipinski definition) is 2. The Kier molecular flexibility index (Phi) is 4.30. The smallest absolute Gasteiger partial charge is 0.307 e. The van der Waals surface area contributed by atoms with E-state index in [9.17, 15) is 14.7 Å². The molecule has 2 heterocycles. The van der Waals surface area contributed by atoms with Gasteiger partial charge in [-0.3, -0.25) is 9.59 Å². The number of nitrogens with zero attached hydrogens (tertiary/aromatic N) is 2. The van der Waals surface area contributed by atoms with Crippen LogP contribution >= 0.6 is 22.7 Å². The first-order chi connectivity index (χ1) is 10.6. The lowest BCUT2D eigenvalue weighted by Crippen LogP contribution is -2.34. The predicted molar refractivity (Wildman–Crippen MR) is 84.8 cm³/mol. The van der Waals surface area contributed by atoms with Gasteiger partial charge in [0.05, 0.1) is 16.7 Å². The number of carbonyl (C=O) groups is 2. The van der Waals surface area contributed by atoms with Crippen molar-refractivity contribution in [1.82, 2.24) is 10.2 Å². The van der Waals surface area contributed by atoms with Crippen molar-refractivity contribution in [1.29, 1.82) is 0 Å². The average Bonchev–Trinajstić information content (AvgIpc) is 3.17. The second-order valence-electron chi connectivity index (χ2n) is 4.87. The number of aliphatic carboxylic acids is 1. The van der Waals surface area contributed by atoms with E-state index in [4.69, 9.17) is 0 Å². The first kappa shape index (κ1) is 14.9. The number of thiophene rings is 1. The summed E-state index contributed by atoms with van der Waals surface area (Å²) in [6.45, 7) is 0. The standard InChI is InChI=1S/C14H13N3O3S2/c18-11(8-4-1-2-5-9(8)13(19)20)15-14-17-16-12(22-14)10-6-3-7-21-10/h1-3,6-9H,4-5H2,(H,19,20)(H,15,17,18). The Morgan fingerprint density at radius 2 is 2.00 bits per heavy atom. The third-order valence-electron chi connectivity index (χ3n) is 3.47. The van der Waals surface area contributed by atoms with Gasteiger partial charge in [0.25, 0.3) is 0 Å². The van der Waals surface area contributed by atoms with E-state index in [1.165, 1.54) is 11.3 Å². The largest absolute Gasteiger partial charge is 0.481 e. The Labute approximate surface area is 134 Å². The molecule has 0 spiro atoms. The number of allylic oxidation sites excluding steroid dienone is 2. The molecule has 0 fully saturated rings. The summed E-state index contributed by atoms with van der Waals surface area (Å²) in [5, 5.41) is 23.0. The van der Waals surface area contributed by atoms with E-state index in [-0.39, 0.29) is 5.91 Å². The minimum Gasteiger partial charge on any atom is -0.481 e. The fraction of sp³-hybridized carbons (Fsp3) is 0.286. The molecule has 0 bridgehead atoms. The minimum absolute atomic E-state index is 0.314. The first-order valence-electron chi connectivity index (χ1n) is 6.71. The summed E-state index contributed by atoms with van der Waals surface area (Å²) in [5.41, 5.74) is 0. The van der Waals surface area contributed by atoms with E-state index in [1.54, 1.807) is 11.3 Å². The lowest BCUT2D eigenvalue weighted by Gasteiger charge is -2.23. The molecule has 2 aromatic rings. The zero-order valence-electron chi connectivity index (χ0n) is 11.4. The Morgan fingerprint density at radius 1 is 1.23 bits per heavy atom. The number of rotatable bonds is 4. The van der Waals surface area contributed by atoms with E-state index in [2.05, 4.69) is 15.5 Å². The van der Waals surface area contributed by atoms with Crippen molar-refractivity contribution in [3.05, 3.63) is 29.7 Å². The molecule has 114 valence electrons. The number of aromatic nitrogens is 2. The molecule has 1 aliphatic carbocycles. The number of carboxylic acids is 1. The van der Waals surface area contributed by atoms with Crippen molar-refractivity contribution in [2.75, 3.05) is 5.32 Å². The second kappa shape index (κ2) is 6.37. The Hall–Kier alpha value is -2.06. The summed E-state index contributed by atoms with van der Waals surface area (Å²) >= 11 is 2.83. The summed E-state index contributed by atoms with van der Waals surface area (Å²) in [6, 6.07) is 3.86. The summed E-state index contributed by atoms with van der Waals surface area (Å²) in [6.07, 6.45) is 4.46. The van der Waals surface area contributed by atoms with Crippen LogP contribution in [0.1, 0.15) is 12.8 Å². The van der Waals surface area contributed by atoms with Crippen LogP contribution in [0.25, 0.3) is 9.88 Å². The van der Waals surface area contributed by atoms with Crippen LogP contribution in [0.2, 0.25) is 0 Å². The molecule has 0 saturated carbocycles. The molecule has 2 atom stereocenters. The van der Waals surface area contributed by atoms with Gasteiger partial charge in [-0.1, -0.05) is 29.6 Å². The third-order valence-corrected chi connectivity index (χ3v) is 5.35. The van der Waals surface area contributed by atoms with Crippen molar-refractivity contribution in [2.24, 2.45) is 11.8 Å². The van der Waals surface area contributed by atoms with Crippen LogP contribution in [-0.2, 0) is 9.59 Å². The monoisotopic (exact) mass is 335 g/mol. The summed E-state index contributed by atoms with van der Waals surface area (Å²) in [7, 11) is 0. The SMILES string of the molecule is O=C(O)C1CC=CCC1C(=O)Nc1nnc(-c2cccs2)s1. The molecule has 2 aromatic heterocycles. The molecule has 0 aromatic carbocycles. The van der Waals surface area contributed by atoms with Gasteiger partial charge in [-0.25, -0.2) is 0 Å². The zero-order chi connectivity index (χ0) is 15.5. The van der Waals surface area contributed by atoms with E-state index >= 15 is 0 Å². The van der Waals surface area contributed by atoms with E-state index in [1.807, 2.05) is 29.7 Å². The Morgan fingerprint density at radius 3 is 2.68 bits per heavy atom. The molecular weight excluding hydrogens is 322 g/mol. The van der Waals surface area contributed by atoms with Gasteiger partial charge in [0.1, 0.15) is 0 Å². The van der Waals surface area contributed by atoms with Gasteiger partial charge in [0.2, 0.25) is 11.0 Å². The molecular formula is C14H13N3O3S2. The summed E-state index contributed by atoms with van der Waals surface area (Å²) < 4.78 is 0. The third kappa shape index (κ3) is 3.07. The van der Waals surface area contributed by atoms with E-state index < -0.39 is 17.8 Å². The van der Waals surface area contributed by atoms with Gasteiger partial charge in [0.15, 0.2) is 5.01 Å². The molecule has 3 rings (SSSR count). The number of nitrogens with one attached hydrogen (secondary N) is 1. The molecule has 2 unspecified atom stereocenters. The van der Waals surface area contributed by atoms with E-state index in [0.717, 1.165) is 9.88 Å². The molecule has 0 aliphatic heterocycles. The van der Waals surface area contributed by atoms with Crippen LogP contribution in [-0.4, -0.2) is 27.2 Å². The van der Waals surface area contributed by atoms with Crippen LogP contribution in [0.5, 0.6) is 0 Å². The minimum atomic E-state index is -0.943. The summed E-state index contributed by atoms with van der Waals surface area (Å²) in [4.78, 5) is 24.5. The molecule has 2 N–H and O–H groups in total. The number of carbonyl (C=O) groups excluding carboxylic acids is 1. The lowest BCUT2D eigenvalue weighted by molar-refractivity contribution is -0.146. The number of carboxylic acid groups (broad SMARTS) is 1. The van der Waals surface area contributed by atoms with Crippen LogP contribution < -0.4 is 5.32 Å². The number of hydrogen-bond acceptors (Lipinski definition) is 6. The average molecular weight is 335 g/mol. The Balaban J connectivity index is 1.71. The maximum Gasteiger partial charge on any atom is 0.307 e. The maximum absolute atomic E-state index is 12.3. The van der Waals surface area contributed by atoms with Crippen molar-refractivity contribution in [2.45, 2.75) is 12.8 Å². The summed E-state index contributed by atoms with van der Waals surface area (Å²) in [5.74, 6) is -2.52. The molecule has 1 aliphatic rings. The van der Waals surface area contributed by atoms with Crippen molar-refractivity contribution < 1.29 is 14.7 Å². The first-order valence-corrected chi connectivity index (χ1v) is 8.41. The number of amides is 1. The fourth-order valence-electron chi connectivity index (χ4n) is 2.35. The zero-order valence-corrected chi connectivity index (χ0v) is 13.1. The van der Waals surface area contributed by atoms with Crippen LogP contribution in [0.3, 0.4) is 0 Å². The highest BCUT2D eigenvalue weighted by molar-refractivity contribution is 7.23. The van der Waals surface area contributed by atoms with Gasteiger partial charge >= 0.3 is 5.97 Å². The Bertz CT molecular complexity index is 709. The molecule has 0 saturated heterocycles. The predicted octanol–water partition coefficient (Wildman–Crippen LogP) is 2.87. The fourth-order valence-corrected chi connectivity index (χ4v) is 3.89. The maximum atomic E-state index is 12.3. The molecule has 6 nitrogen and oxygen atoms in total. The normalized spacial score (nSPS) is 20.7. The van der Waals surface area contributed by atoms with Crippen LogP contribution in [0, 0.1) is 11.8 Å². The lowest BCUT2D eigenvalue weighted by atomic mass is 9.82. The van der Waals surface area contributed by atoms with Gasteiger partial charge in [-0.15, -0.1) is 21.5 Å². The second-order valence-corrected chi connectivity index (χ2v) is 6.80. The molecule has 8 heteroatoms. The molecule has 1 amide bonds. The van der Waals surface area contributed by atoms with Crippen LogP contribution in [0.4, 0.5) is 5.13 Å². The highest BCUT2D eigenvalue weighted by atomic mass is 32.1. The van der Waals surface area contributed by atoms with Gasteiger partial charge in [0, 0.05) is 0 Å². The van der Waals surface area contributed by atoms with Crippen molar-refractivity contribution in [3.63, 3.8) is 0 Å².